The predicted octanol–water partition coefficient (Wildman–Crippen LogP) is 0.873. The van der Waals surface area contributed by atoms with Gasteiger partial charge in [-0.1, -0.05) is 5.21 Å². The molecule has 94 valence electrons. The molecule has 2 rings (SSSR count). The van der Waals surface area contributed by atoms with Gasteiger partial charge in [-0.05, 0) is 18.6 Å². The fourth-order valence-electron chi connectivity index (χ4n) is 1.45. The summed E-state index contributed by atoms with van der Waals surface area (Å²) in [5, 5.41) is 19.4. The van der Waals surface area contributed by atoms with Gasteiger partial charge in [0.1, 0.15) is 5.69 Å². The number of nitrogens with one attached hydrogen (secondary N) is 1. The van der Waals surface area contributed by atoms with Crippen LogP contribution in [0.3, 0.4) is 0 Å². The van der Waals surface area contributed by atoms with Gasteiger partial charge < -0.3 is 10.4 Å². The molecule has 0 amide bonds. The monoisotopic (exact) mass is 247 g/mol. The van der Waals surface area contributed by atoms with Crippen LogP contribution in [0.5, 0.6) is 0 Å². The first kappa shape index (κ1) is 12.0. The molecule has 0 radical (unpaired) electrons. The fourth-order valence-corrected chi connectivity index (χ4v) is 1.45. The molecule has 0 saturated heterocycles. The van der Waals surface area contributed by atoms with E-state index in [1.54, 1.807) is 16.9 Å². The molecule has 0 bridgehead atoms. The molecule has 7 nitrogen and oxygen atoms in total. The molecule has 0 aliphatic heterocycles. The summed E-state index contributed by atoms with van der Waals surface area (Å²) in [6, 6.07) is 3.17. The normalized spacial score (nSPS) is 10.2. The Labute approximate surface area is 103 Å². The topological polar surface area (TPSA) is 92.9 Å². The first-order chi connectivity index (χ1) is 8.75. The Hall–Kier alpha value is -2.44. The summed E-state index contributed by atoms with van der Waals surface area (Å²) >= 11 is 0. The van der Waals surface area contributed by atoms with Crippen molar-refractivity contribution in [1.82, 2.24) is 20.0 Å². The van der Waals surface area contributed by atoms with Gasteiger partial charge in [0, 0.05) is 19.3 Å². The Morgan fingerprint density at radius 3 is 2.94 bits per heavy atom. The van der Waals surface area contributed by atoms with Crippen LogP contribution in [0.2, 0.25) is 0 Å². The van der Waals surface area contributed by atoms with E-state index < -0.39 is 5.97 Å². The number of pyridine rings is 1. The minimum Gasteiger partial charge on any atom is -0.477 e. The molecule has 0 atom stereocenters. The fraction of sp³-hybridized carbons (Fsp3) is 0.273. The smallest absolute Gasteiger partial charge is 0.354 e. The van der Waals surface area contributed by atoms with Crippen LogP contribution < -0.4 is 5.32 Å². The van der Waals surface area contributed by atoms with E-state index >= 15 is 0 Å². The maximum Gasteiger partial charge on any atom is 0.354 e. The van der Waals surface area contributed by atoms with Crippen LogP contribution in [-0.4, -0.2) is 37.6 Å². The molecular weight excluding hydrogens is 234 g/mol. The van der Waals surface area contributed by atoms with Crippen molar-refractivity contribution >= 4 is 11.7 Å². The maximum atomic E-state index is 10.6. The minimum absolute atomic E-state index is 0.0446. The third kappa shape index (κ3) is 3.27. The molecule has 0 unspecified atom stereocenters. The average Bonchev–Trinajstić information content (AvgIpc) is 2.88. The van der Waals surface area contributed by atoms with Gasteiger partial charge >= 0.3 is 5.97 Å². The van der Waals surface area contributed by atoms with Gasteiger partial charge in [-0.15, -0.1) is 5.10 Å². The van der Waals surface area contributed by atoms with Crippen LogP contribution in [0.1, 0.15) is 16.9 Å². The number of carbonyl (C=O) groups is 1. The lowest BCUT2D eigenvalue weighted by Gasteiger charge is -2.05. The van der Waals surface area contributed by atoms with Crippen molar-refractivity contribution in [2.75, 3.05) is 11.9 Å². The molecule has 2 aromatic heterocycles. The lowest BCUT2D eigenvalue weighted by atomic mass is 10.3. The van der Waals surface area contributed by atoms with Gasteiger partial charge in [0.25, 0.3) is 0 Å². The number of hydrogen-bond acceptors (Lipinski definition) is 5. The summed E-state index contributed by atoms with van der Waals surface area (Å²) in [7, 11) is 0. The summed E-state index contributed by atoms with van der Waals surface area (Å²) in [6.07, 6.45) is 5.86. The van der Waals surface area contributed by atoms with Crippen molar-refractivity contribution in [3.8, 4) is 0 Å². The van der Waals surface area contributed by atoms with Gasteiger partial charge in [-0.2, -0.15) is 0 Å². The number of carboxylic acid groups (broad SMARTS) is 1. The van der Waals surface area contributed by atoms with E-state index in [0.29, 0.717) is 0 Å². The van der Waals surface area contributed by atoms with Crippen LogP contribution in [-0.2, 0) is 6.54 Å². The van der Waals surface area contributed by atoms with Gasteiger partial charge in [0.05, 0.1) is 18.1 Å². The molecule has 2 N–H and O–H groups in total. The highest BCUT2D eigenvalue weighted by molar-refractivity contribution is 5.85. The van der Waals surface area contributed by atoms with Gasteiger partial charge in [-0.3, -0.25) is 4.68 Å². The Balaban J connectivity index is 1.75. The number of rotatable bonds is 6. The standard InChI is InChI=1S/C11H13N5O2/c17-11(18)10-3-2-9(8-13-10)12-4-1-6-16-7-5-14-15-16/h2-3,5,7-8,12H,1,4,6H2,(H,17,18). The van der Waals surface area contributed by atoms with Crippen molar-refractivity contribution in [3.05, 3.63) is 36.4 Å². The number of anilines is 1. The van der Waals surface area contributed by atoms with Gasteiger partial charge in [-0.25, -0.2) is 9.78 Å². The molecule has 0 saturated carbocycles. The highest BCUT2D eigenvalue weighted by atomic mass is 16.4. The number of nitrogens with zero attached hydrogens (tertiary/aromatic N) is 4. The van der Waals surface area contributed by atoms with Gasteiger partial charge in [0.2, 0.25) is 0 Å². The first-order valence-electron chi connectivity index (χ1n) is 5.53. The molecule has 0 spiro atoms. The van der Waals surface area contributed by atoms with Crippen molar-refractivity contribution in [2.45, 2.75) is 13.0 Å². The summed E-state index contributed by atoms with van der Waals surface area (Å²) in [5.74, 6) is -1.02. The second kappa shape index (κ2) is 5.76. The lowest BCUT2D eigenvalue weighted by molar-refractivity contribution is 0.0690. The third-order valence-electron chi connectivity index (χ3n) is 2.35. The SMILES string of the molecule is O=C(O)c1ccc(NCCCn2ccnn2)cn1. The van der Waals surface area contributed by atoms with Crippen molar-refractivity contribution in [2.24, 2.45) is 0 Å². The van der Waals surface area contributed by atoms with E-state index in [4.69, 9.17) is 5.11 Å². The van der Waals surface area contributed by atoms with Crippen molar-refractivity contribution in [3.63, 3.8) is 0 Å². The molecular formula is C11H13N5O2. The molecule has 0 aromatic carbocycles. The Bertz CT molecular complexity index is 495. The van der Waals surface area contributed by atoms with Crippen molar-refractivity contribution in [1.29, 1.82) is 0 Å². The van der Waals surface area contributed by atoms with Crippen LogP contribution in [0, 0.1) is 0 Å². The molecule has 2 aromatic rings. The van der Waals surface area contributed by atoms with Gasteiger partial charge in [0.15, 0.2) is 0 Å². The summed E-state index contributed by atoms with van der Waals surface area (Å²) in [6.45, 7) is 1.54. The maximum absolute atomic E-state index is 10.6. The highest BCUT2D eigenvalue weighted by Crippen LogP contribution is 2.06. The zero-order chi connectivity index (χ0) is 12.8. The average molecular weight is 247 g/mol. The summed E-state index contributed by atoms with van der Waals surface area (Å²) in [4.78, 5) is 14.4. The van der Waals surface area contributed by atoms with Crippen LogP contribution in [0.25, 0.3) is 0 Å². The molecule has 0 aliphatic rings. The number of carboxylic acids is 1. The van der Waals surface area contributed by atoms with E-state index in [1.165, 1.54) is 12.3 Å². The molecule has 18 heavy (non-hydrogen) atoms. The Kier molecular flexibility index (Phi) is 3.85. The quantitative estimate of drug-likeness (QED) is 0.736. The molecule has 0 fully saturated rings. The Morgan fingerprint density at radius 1 is 1.44 bits per heavy atom. The number of aromatic carboxylic acids is 1. The van der Waals surface area contributed by atoms with Crippen molar-refractivity contribution < 1.29 is 9.90 Å². The highest BCUT2D eigenvalue weighted by Gasteiger charge is 2.02. The number of aromatic nitrogens is 4. The summed E-state index contributed by atoms with van der Waals surface area (Å²) < 4.78 is 1.76. The zero-order valence-electron chi connectivity index (χ0n) is 9.65. The number of hydrogen-bond donors (Lipinski definition) is 2. The molecule has 7 heteroatoms. The second-order valence-electron chi connectivity index (χ2n) is 3.68. The second-order valence-corrected chi connectivity index (χ2v) is 3.68. The molecule has 0 aliphatic carbocycles. The van der Waals surface area contributed by atoms with E-state index in [2.05, 4.69) is 20.6 Å². The largest absolute Gasteiger partial charge is 0.477 e. The first-order valence-corrected chi connectivity index (χ1v) is 5.53. The lowest BCUT2D eigenvalue weighted by Crippen LogP contribution is -2.08. The van der Waals surface area contributed by atoms with Crippen LogP contribution in [0.4, 0.5) is 5.69 Å². The summed E-state index contributed by atoms with van der Waals surface area (Å²) in [5.41, 5.74) is 0.849. The zero-order valence-corrected chi connectivity index (χ0v) is 9.65. The van der Waals surface area contributed by atoms with Crippen LogP contribution >= 0.6 is 0 Å². The van der Waals surface area contributed by atoms with E-state index in [1.807, 2.05) is 6.20 Å². The Morgan fingerprint density at radius 2 is 2.33 bits per heavy atom. The van der Waals surface area contributed by atoms with E-state index in [9.17, 15) is 4.79 Å². The minimum atomic E-state index is -1.02. The number of aryl methyl sites for hydroxylation is 1. The third-order valence-corrected chi connectivity index (χ3v) is 2.35. The van der Waals surface area contributed by atoms with E-state index in [-0.39, 0.29) is 5.69 Å². The molecule has 2 heterocycles. The van der Waals surface area contributed by atoms with Crippen LogP contribution in [0.15, 0.2) is 30.7 Å². The predicted molar refractivity (Wildman–Crippen MR) is 64.3 cm³/mol. The van der Waals surface area contributed by atoms with E-state index in [0.717, 1.165) is 25.2 Å².